The minimum atomic E-state index is -0.507. The Bertz CT molecular complexity index is 419. The summed E-state index contributed by atoms with van der Waals surface area (Å²) in [6.07, 6.45) is 0.0271. The van der Waals surface area contributed by atoms with E-state index >= 15 is 0 Å². The van der Waals surface area contributed by atoms with E-state index in [1.807, 2.05) is 13.8 Å². The average molecular weight is 253 g/mol. The first kappa shape index (κ1) is 13.1. The van der Waals surface area contributed by atoms with Gasteiger partial charge in [0.25, 0.3) is 0 Å². The monoisotopic (exact) mass is 253 g/mol. The van der Waals surface area contributed by atoms with Crippen LogP contribution < -0.4 is 5.32 Å². The van der Waals surface area contributed by atoms with Gasteiger partial charge in [-0.05, 0) is 19.9 Å². The summed E-state index contributed by atoms with van der Waals surface area (Å²) in [5.74, 6) is -0.357. The van der Waals surface area contributed by atoms with Gasteiger partial charge < -0.3 is 25.0 Å². The molecule has 1 fully saturated rings. The second-order valence-corrected chi connectivity index (χ2v) is 4.89. The molecule has 1 saturated heterocycles. The largest absolute Gasteiger partial charge is 0.508 e. The van der Waals surface area contributed by atoms with E-state index in [0.29, 0.717) is 19.7 Å². The highest BCUT2D eigenvalue weighted by atomic mass is 16.7. The lowest BCUT2D eigenvalue weighted by molar-refractivity contribution is -0.137. The summed E-state index contributed by atoms with van der Waals surface area (Å²) < 4.78 is 11.1. The Morgan fingerprint density at radius 2 is 2.17 bits per heavy atom. The number of hydrogen-bond donors (Lipinski definition) is 3. The lowest BCUT2D eigenvalue weighted by atomic mass is 10.2. The number of phenols is 2. The van der Waals surface area contributed by atoms with E-state index in [9.17, 15) is 10.2 Å². The summed E-state index contributed by atoms with van der Waals surface area (Å²) in [6, 6.07) is 4.57. The summed E-state index contributed by atoms with van der Waals surface area (Å²) in [5, 5.41) is 22.0. The van der Waals surface area contributed by atoms with Crippen LogP contribution in [0, 0.1) is 0 Å². The van der Waals surface area contributed by atoms with Gasteiger partial charge in [-0.2, -0.15) is 0 Å². The molecule has 0 aliphatic carbocycles. The van der Waals surface area contributed by atoms with E-state index in [-0.39, 0.29) is 17.6 Å². The number of benzene rings is 1. The smallest absolute Gasteiger partial charge is 0.163 e. The Hall–Kier alpha value is -1.30. The van der Waals surface area contributed by atoms with Crippen LogP contribution in [0.15, 0.2) is 18.2 Å². The third-order valence-electron chi connectivity index (χ3n) is 2.82. The van der Waals surface area contributed by atoms with Gasteiger partial charge in [0.05, 0.1) is 12.7 Å². The quantitative estimate of drug-likeness (QED) is 0.755. The Morgan fingerprint density at radius 3 is 2.78 bits per heavy atom. The fourth-order valence-corrected chi connectivity index (χ4v) is 1.93. The highest BCUT2D eigenvalue weighted by Gasteiger charge is 2.32. The molecule has 100 valence electrons. The van der Waals surface area contributed by atoms with E-state index in [2.05, 4.69) is 5.32 Å². The molecule has 5 heteroatoms. The second-order valence-electron chi connectivity index (χ2n) is 4.89. The molecule has 1 aromatic carbocycles. The molecule has 18 heavy (non-hydrogen) atoms. The van der Waals surface area contributed by atoms with E-state index in [1.165, 1.54) is 6.07 Å². The third-order valence-corrected chi connectivity index (χ3v) is 2.82. The van der Waals surface area contributed by atoms with Gasteiger partial charge in [-0.15, -0.1) is 0 Å². The number of phenolic OH excluding ortho intramolecular Hbond substituents is 2. The Balaban J connectivity index is 1.79. The molecule has 1 aromatic rings. The van der Waals surface area contributed by atoms with Crippen LogP contribution in [-0.2, 0) is 16.0 Å². The van der Waals surface area contributed by atoms with Crippen LogP contribution >= 0.6 is 0 Å². The number of hydrogen-bond acceptors (Lipinski definition) is 5. The van der Waals surface area contributed by atoms with Crippen molar-refractivity contribution in [2.24, 2.45) is 0 Å². The molecule has 0 spiro atoms. The maximum atomic E-state index is 9.61. The molecule has 5 nitrogen and oxygen atoms in total. The molecule has 0 amide bonds. The van der Waals surface area contributed by atoms with Crippen LogP contribution in [0.4, 0.5) is 0 Å². The number of nitrogens with one attached hydrogen (secondary N) is 1. The second kappa shape index (κ2) is 5.14. The van der Waals surface area contributed by atoms with Crippen LogP contribution in [0.1, 0.15) is 19.4 Å². The molecule has 0 bridgehead atoms. The van der Waals surface area contributed by atoms with Crippen molar-refractivity contribution in [2.45, 2.75) is 32.3 Å². The number of rotatable bonds is 4. The lowest BCUT2D eigenvalue weighted by Crippen LogP contribution is -2.30. The average Bonchev–Trinajstić information content (AvgIpc) is 2.61. The summed E-state index contributed by atoms with van der Waals surface area (Å²) in [5.41, 5.74) is 0.742. The van der Waals surface area contributed by atoms with E-state index in [1.54, 1.807) is 12.1 Å². The lowest BCUT2D eigenvalue weighted by Gasteiger charge is -2.17. The van der Waals surface area contributed by atoms with Gasteiger partial charge in [-0.25, -0.2) is 0 Å². The maximum Gasteiger partial charge on any atom is 0.163 e. The molecule has 1 unspecified atom stereocenters. The van der Waals surface area contributed by atoms with Crippen molar-refractivity contribution in [2.75, 3.05) is 13.2 Å². The Morgan fingerprint density at radius 1 is 1.39 bits per heavy atom. The molecule has 1 heterocycles. The minimum Gasteiger partial charge on any atom is -0.508 e. The van der Waals surface area contributed by atoms with E-state index in [4.69, 9.17) is 9.47 Å². The highest BCUT2D eigenvalue weighted by molar-refractivity contribution is 5.38. The van der Waals surface area contributed by atoms with Crippen molar-refractivity contribution >= 4 is 0 Å². The fraction of sp³-hybridized carbons (Fsp3) is 0.538. The van der Waals surface area contributed by atoms with Crippen LogP contribution in [0.2, 0.25) is 0 Å². The van der Waals surface area contributed by atoms with Gasteiger partial charge in [0.2, 0.25) is 0 Å². The van der Waals surface area contributed by atoms with Gasteiger partial charge in [-0.1, -0.05) is 6.07 Å². The first-order chi connectivity index (χ1) is 8.46. The zero-order valence-electron chi connectivity index (χ0n) is 10.6. The van der Waals surface area contributed by atoms with Crippen LogP contribution in [0.25, 0.3) is 0 Å². The normalized spacial score (nSPS) is 22.2. The molecule has 1 aliphatic rings. The van der Waals surface area contributed by atoms with Gasteiger partial charge in [0.1, 0.15) is 11.5 Å². The molecular weight excluding hydrogens is 234 g/mol. The third kappa shape index (κ3) is 3.35. The molecular formula is C13H19NO4. The topological polar surface area (TPSA) is 71.0 Å². The zero-order valence-corrected chi connectivity index (χ0v) is 10.6. The van der Waals surface area contributed by atoms with Crippen molar-refractivity contribution in [3.05, 3.63) is 23.8 Å². The van der Waals surface area contributed by atoms with Crippen molar-refractivity contribution < 1.29 is 19.7 Å². The van der Waals surface area contributed by atoms with Gasteiger partial charge >= 0.3 is 0 Å². The Kier molecular flexibility index (Phi) is 3.75. The highest BCUT2D eigenvalue weighted by Crippen LogP contribution is 2.23. The van der Waals surface area contributed by atoms with Crippen molar-refractivity contribution in [1.29, 1.82) is 0 Å². The molecule has 3 N–H and O–H groups in total. The predicted octanol–water partition coefficient (Wildman–Crippen LogP) is 1.34. The molecule has 2 rings (SSSR count). The summed E-state index contributed by atoms with van der Waals surface area (Å²) in [6.45, 7) is 5.52. The summed E-state index contributed by atoms with van der Waals surface area (Å²) in [7, 11) is 0. The molecule has 1 aliphatic heterocycles. The van der Waals surface area contributed by atoms with E-state index in [0.717, 1.165) is 5.56 Å². The first-order valence-electron chi connectivity index (χ1n) is 6.00. The van der Waals surface area contributed by atoms with Gasteiger partial charge in [-0.3, -0.25) is 0 Å². The van der Waals surface area contributed by atoms with Gasteiger partial charge in [0.15, 0.2) is 5.79 Å². The maximum absolute atomic E-state index is 9.61. The van der Waals surface area contributed by atoms with Crippen LogP contribution in [-0.4, -0.2) is 35.3 Å². The van der Waals surface area contributed by atoms with E-state index < -0.39 is 5.79 Å². The van der Waals surface area contributed by atoms with Crippen LogP contribution in [0.5, 0.6) is 11.5 Å². The van der Waals surface area contributed by atoms with Crippen molar-refractivity contribution in [3.8, 4) is 11.5 Å². The summed E-state index contributed by atoms with van der Waals surface area (Å²) >= 11 is 0. The molecule has 0 radical (unpaired) electrons. The fourth-order valence-electron chi connectivity index (χ4n) is 1.93. The van der Waals surface area contributed by atoms with Gasteiger partial charge in [0, 0.05) is 24.7 Å². The number of aromatic hydroxyl groups is 2. The molecule has 0 aromatic heterocycles. The zero-order chi connectivity index (χ0) is 13.2. The predicted molar refractivity (Wildman–Crippen MR) is 66.4 cm³/mol. The Labute approximate surface area is 106 Å². The summed E-state index contributed by atoms with van der Waals surface area (Å²) in [4.78, 5) is 0. The van der Waals surface area contributed by atoms with Crippen molar-refractivity contribution in [1.82, 2.24) is 5.32 Å². The number of ether oxygens (including phenoxy) is 2. The standard InChI is InChI=1S/C13H19NO4/c1-13(2)17-8-11(18-13)7-14-6-9-3-4-10(15)5-12(9)16/h3-5,11,14-16H,6-8H2,1-2H3. The molecule has 0 saturated carbocycles. The first-order valence-corrected chi connectivity index (χ1v) is 6.00. The van der Waals surface area contributed by atoms with Crippen LogP contribution in [0.3, 0.4) is 0 Å². The van der Waals surface area contributed by atoms with Crippen molar-refractivity contribution in [3.63, 3.8) is 0 Å². The minimum absolute atomic E-state index is 0.0271. The SMILES string of the molecule is CC1(C)OCC(CNCc2ccc(O)cc2O)O1. The molecule has 1 atom stereocenters.